The number of rotatable bonds is 6. The SMILES string of the molecule is CC(C)c1cccc(OCC(=O)Nc2cccc([N+](=O)[O-])c2)c1. The van der Waals surface area contributed by atoms with Gasteiger partial charge in [0.05, 0.1) is 4.92 Å². The lowest BCUT2D eigenvalue weighted by molar-refractivity contribution is -0.384. The molecule has 0 saturated carbocycles. The molecule has 0 aromatic heterocycles. The van der Waals surface area contributed by atoms with Gasteiger partial charge in [0.15, 0.2) is 6.61 Å². The standard InChI is InChI=1S/C17H18N2O4/c1-12(2)13-5-3-8-16(9-13)23-11-17(20)18-14-6-4-7-15(10-14)19(21)22/h3-10,12H,11H2,1-2H3,(H,18,20). The fraction of sp³-hybridized carbons (Fsp3) is 0.235. The Hall–Kier alpha value is -2.89. The highest BCUT2D eigenvalue weighted by atomic mass is 16.6. The van der Waals surface area contributed by atoms with Crippen LogP contribution in [-0.4, -0.2) is 17.4 Å². The van der Waals surface area contributed by atoms with Gasteiger partial charge in [-0.25, -0.2) is 0 Å². The molecule has 1 amide bonds. The Morgan fingerprint density at radius 3 is 2.65 bits per heavy atom. The van der Waals surface area contributed by atoms with Crippen molar-refractivity contribution in [2.75, 3.05) is 11.9 Å². The number of benzene rings is 2. The summed E-state index contributed by atoms with van der Waals surface area (Å²) in [5.74, 6) is 0.614. The van der Waals surface area contributed by atoms with E-state index in [0.29, 0.717) is 17.4 Å². The van der Waals surface area contributed by atoms with Gasteiger partial charge in [-0.1, -0.05) is 32.0 Å². The van der Waals surface area contributed by atoms with Crippen LogP contribution in [0.1, 0.15) is 25.3 Å². The molecule has 6 heteroatoms. The molecule has 0 spiro atoms. The molecule has 0 aliphatic heterocycles. The van der Waals surface area contributed by atoms with E-state index in [1.165, 1.54) is 18.2 Å². The number of amides is 1. The van der Waals surface area contributed by atoms with Crippen LogP contribution in [0.2, 0.25) is 0 Å². The number of nitro benzene ring substituents is 1. The van der Waals surface area contributed by atoms with Crippen molar-refractivity contribution in [3.05, 3.63) is 64.2 Å². The third-order valence-corrected chi connectivity index (χ3v) is 3.24. The Kier molecular flexibility index (Phi) is 5.30. The molecule has 0 bridgehead atoms. The number of hydrogen-bond donors (Lipinski definition) is 1. The van der Waals surface area contributed by atoms with E-state index in [1.807, 2.05) is 18.2 Å². The molecular weight excluding hydrogens is 296 g/mol. The first-order valence-electron chi connectivity index (χ1n) is 7.23. The van der Waals surface area contributed by atoms with Gasteiger partial charge in [-0.15, -0.1) is 0 Å². The van der Waals surface area contributed by atoms with E-state index in [0.717, 1.165) is 5.56 Å². The summed E-state index contributed by atoms with van der Waals surface area (Å²) < 4.78 is 5.46. The van der Waals surface area contributed by atoms with Crippen molar-refractivity contribution in [3.63, 3.8) is 0 Å². The molecule has 0 aliphatic rings. The van der Waals surface area contributed by atoms with Gasteiger partial charge in [-0.05, 0) is 29.7 Å². The molecule has 0 saturated heterocycles. The molecule has 0 aliphatic carbocycles. The fourth-order valence-corrected chi connectivity index (χ4v) is 2.01. The van der Waals surface area contributed by atoms with Gasteiger partial charge in [0.1, 0.15) is 5.75 Å². The van der Waals surface area contributed by atoms with Crippen LogP contribution in [0, 0.1) is 10.1 Å². The van der Waals surface area contributed by atoms with E-state index in [1.54, 1.807) is 12.1 Å². The quantitative estimate of drug-likeness (QED) is 0.650. The Balaban J connectivity index is 1.94. The van der Waals surface area contributed by atoms with Gasteiger partial charge < -0.3 is 10.1 Å². The zero-order chi connectivity index (χ0) is 16.8. The van der Waals surface area contributed by atoms with Crippen LogP contribution >= 0.6 is 0 Å². The van der Waals surface area contributed by atoms with Crippen LogP contribution in [-0.2, 0) is 4.79 Å². The number of non-ortho nitro benzene ring substituents is 1. The van der Waals surface area contributed by atoms with Crippen molar-refractivity contribution in [2.24, 2.45) is 0 Å². The van der Waals surface area contributed by atoms with Crippen molar-refractivity contribution in [1.82, 2.24) is 0 Å². The average molecular weight is 314 g/mol. The topological polar surface area (TPSA) is 81.5 Å². The predicted molar refractivity (Wildman–Crippen MR) is 87.8 cm³/mol. The van der Waals surface area contributed by atoms with E-state index >= 15 is 0 Å². The minimum atomic E-state index is -0.510. The third-order valence-electron chi connectivity index (χ3n) is 3.24. The smallest absolute Gasteiger partial charge is 0.271 e. The molecule has 0 fully saturated rings. The third kappa shape index (κ3) is 4.81. The normalized spacial score (nSPS) is 10.4. The van der Waals surface area contributed by atoms with E-state index in [9.17, 15) is 14.9 Å². The number of hydrogen-bond acceptors (Lipinski definition) is 4. The van der Waals surface area contributed by atoms with E-state index in [2.05, 4.69) is 19.2 Å². The molecule has 0 radical (unpaired) electrons. The Labute approximate surface area is 134 Å². The summed E-state index contributed by atoms with van der Waals surface area (Å²) in [5.41, 5.74) is 1.42. The number of nitrogens with zero attached hydrogens (tertiary/aromatic N) is 1. The minimum Gasteiger partial charge on any atom is -0.484 e. The van der Waals surface area contributed by atoms with Crippen molar-refractivity contribution >= 4 is 17.3 Å². The van der Waals surface area contributed by atoms with Gasteiger partial charge in [0.2, 0.25) is 0 Å². The molecule has 0 unspecified atom stereocenters. The van der Waals surface area contributed by atoms with Crippen molar-refractivity contribution in [3.8, 4) is 5.75 Å². The highest BCUT2D eigenvalue weighted by molar-refractivity contribution is 5.92. The van der Waals surface area contributed by atoms with Crippen LogP contribution in [0.25, 0.3) is 0 Å². The lowest BCUT2D eigenvalue weighted by atomic mass is 10.0. The number of anilines is 1. The second kappa shape index (κ2) is 7.40. The Bertz CT molecular complexity index is 713. The lowest BCUT2D eigenvalue weighted by Crippen LogP contribution is -2.20. The van der Waals surface area contributed by atoms with E-state index in [-0.39, 0.29) is 18.2 Å². The number of carbonyl (C=O) groups excluding carboxylic acids is 1. The van der Waals surface area contributed by atoms with Gasteiger partial charge >= 0.3 is 0 Å². The average Bonchev–Trinajstić information content (AvgIpc) is 2.53. The molecule has 6 nitrogen and oxygen atoms in total. The molecule has 2 aromatic rings. The number of carbonyl (C=O) groups is 1. The first-order valence-corrected chi connectivity index (χ1v) is 7.23. The van der Waals surface area contributed by atoms with E-state index < -0.39 is 4.92 Å². The molecule has 120 valence electrons. The maximum atomic E-state index is 11.9. The molecule has 23 heavy (non-hydrogen) atoms. The second-order valence-electron chi connectivity index (χ2n) is 5.37. The predicted octanol–water partition coefficient (Wildman–Crippen LogP) is 3.74. The zero-order valence-corrected chi connectivity index (χ0v) is 13.0. The summed E-state index contributed by atoms with van der Waals surface area (Å²) >= 11 is 0. The first-order chi connectivity index (χ1) is 11.0. The molecular formula is C17H18N2O4. The zero-order valence-electron chi connectivity index (χ0n) is 13.0. The highest BCUT2D eigenvalue weighted by Gasteiger charge is 2.09. The van der Waals surface area contributed by atoms with Crippen LogP contribution in [0.4, 0.5) is 11.4 Å². The fourth-order valence-electron chi connectivity index (χ4n) is 2.01. The molecule has 2 rings (SSSR count). The highest BCUT2D eigenvalue weighted by Crippen LogP contribution is 2.20. The minimum absolute atomic E-state index is 0.0756. The van der Waals surface area contributed by atoms with Crippen molar-refractivity contribution in [2.45, 2.75) is 19.8 Å². The van der Waals surface area contributed by atoms with Crippen LogP contribution in [0.15, 0.2) is 48.5 Å². The summed E-state index contributed by atoms with van der Waals surface area (Å²) in [4.78, 5) is 22.1. The lowest BCUT2D eigenvalue weighted by Gasteiger charge is -2.10. The summed E-state index contributed by atoms with van der Waals surface area (Å²) in [6, 6.07) is 13.3. The largest absolute Gasteiger partial charge is 0.484 e. The van der Waals surface area contributed by atoms with Gasteiger partial charge in [-0.2, -0.15) is 0 Å². The summed E-state index contributed by atoms with van der Waals surface area (Å²) in [6.07, 6.45) is 0. The van der Waals surface area contributed by atoms with Crippen molar-refractivity contribution < 1.29 is 14.5 Å². The number of nitrogens with one attached hydrogen (secondary N) is 1. The monoisotopic (exact) mass is 314 g/mol. The maximum Gasteiger partial charge on any atom is 0.271 e. The van der Waals surface area contributed by atoms with E-state index in [4.69, 9.17) is 4.74 Å². The molecule has 0 atom stereocenters. The first kappa shape index (κ1) is 16.5. The number of ether oxygens (including phenoxy) is 1. The Morgan fingerprint density at radius 2 is 1.96 bits per heavy atom. The second-order valence-corrected chi connectivity index (χ2v) is 5.37. The molecule has 2 aromatic carbocycles. The maximum absolute atomic E-state index is 11.9. The number of nitro groups is 1. The molecule has 0 heterocycles. The summed E-state index contributed by atoms with van der Waals surface area (Å²) in [7, 11) is 0. The van der Waals surface area contributed by atoms with Crippen LogP contribution in [0.3, 0.4) is 0 Å². The van der Waals surface area contributed by atoms with Crippen LogP contribution < -0.4 is 10.1 Å². The summed E-state index contributed by atoms with van der Waals surface area (Å²) in [6.45, 7) is 3.99. The van der Waals surface area contributed by atoms with Gasteiger partial charge in [0, 0.05) is 17.8 Å². The van der Waals surface area contributed by atoms with Gasteiger partial charge in [-0.3, -0.25) is 14.9 Å². The van der Waals surface area contributed by atoms with Crippen LogP contribution in [0.5, 0.6) is 5.75 Å². The van der Waals surface area contributed by atoms with Crippen molar-refractivity contribution in [1.29, 1.82) is 0 Å². The summed E-state index contributed by atoms with van der Waals surface area (Å²) in [5, 5.41) is 13.3. The van der Waals surface area contributed by atoms with Gasteiger partial charge in [0.25, 0.3) is 11.6 Å². The Morgan fingerprint density at radius 1 is 1.22 bits per heavy atom. The molecule has 1 N–H and O–H groups in total.